The van der Waals surface area contributed by atoms with Crippen LogP contribution in [0.2, 0.25) is 0 Å². The van der Waals surface area contributed by atoms with E-state index < -0.39 is 0 Å². The van der Waals surface area contributed by atoms with E-state index in [0.717, 1.165) is 18.5 Å². The molecule has 4 heteroatoms. The van der Waals surface area contributed by atoms with Gasteiger partial charge in [-0.3, -0.25) is 9.78 Å². The Morgan fingerprint density at radius 1 is 1.42 bits per heavy atom. The first kappa shape index (κ1) is 12.0. The number of rotatable bonds is 4. The van der Waals surface area contributed by atoms with Gasteiger partial charge in [-0.05, 0) is 38.0 Å². The molecule has 0 spiro atoms. The molecule has 98 valence electrons. The third-order valence-corrected chi connectivity index (χ3v) is 3.40. The number of hydrogen-bond acceptors (Lipinski definition) is 3. The topological polar surface area (TPSA) is 46.3 Å². The Balaban J connectivity index is 1.82. The molecule has 0 saturated heterocycles. The van der Waals surface area contributed by atoms with Gasteiger partial charge < -0.3 is 9.32 Å². The van der Waals surface area contributed by atoms with Crippen molar-refractivity contribution in [2.24, 2.45) is 0 Å². The molecule has 1 aliphatic carbocycles. The summed E-state index contributed by atoms with van der Waals surface area (Å²) in [6.45, 7) is 2.38. The monoisotopic (exact) mass is 256 g/mol. The van der Waals surface area contributed by atoms with E-state index in [-0.39, 0.29) is 5.91 Å². The number of furan rings is 1. The molecule has 0 N–H and O–H groups in total. The zero-order chi connectivity index (χ0) is 13.2. The molecular weight excluding hydrogens is 240 g/mol. The van der Waals surface area contributed by atoms with Gasteiger partial charge in [0.05, 0.1) is 24.1 Å². The molecule has 19 heavy (non-hydrogen) atoms. The van der Waals surface area contributed by atoms with E-state index in [1.54, 1.807) is 18.5 Å². The third-order valence-electron chi connectivity index (χ3n) is 3.40. The van der Waals surface area contributed by atoms with Gasteiger partial charge in [0.15, 0.2) is 0 Å². The Morgan fingerprint density at radius 2 is 2.26 bits per heavy atom. The van der Waals surface area contributed by atoms with Crippen LogP contribution in [0.25, 0.3) is 0 Å². The predicted molar refractivity (Wildman–Crippen MR) is 70.6 cm³/mol. The van der Waals surface area contributed by atoms with Gasteiger partial charge >= 0.3 is 0 Å². The van der Waals surface area contributed by atoms with Crippen molar-refractivity contribution in [1.82, 2.24) is 9.88 Å². The van der Waals surface area contributed by atoms with Crippen LogP contribution < -0.4 is 0 Å². The summed E-state index contributed by atoms with van der Waals surface area (Å²) < 4.78 is 5.22. The second-order valence-electron chi connectivity index (χ2n) is 4.88. The number of amides is 1. The van der Waals surface area contributed by atoms with Crippen LogP contribution in [0.3, 0.4) is 0 Å². The maximum atomic E-state index is 12.6. The van der Waals surface area contributed by atoms with E-state index >= 15 is 0 Å². The van der Waals surface area contributed by atoms with Gasteiger partial charge in [0.25, 0.3) is 5.91 Å². The fourth-order valence-corrected chi connectivity index (χ4v) is 2.18. The minimum absolute atomic E-state index is 0.0411. The summed E-state index contributed by atoms with van der Waals surface area (Å²) in [5.74, 6) is 0.719. The number of nitrogens with zero attached hydrogens (tertiary/aromatic N) is 2. The first-order chi connectivity index (χ1) is 9.25. The molecule has 3 rings (SSSR count). The van der Waals surface area contributed by atoms with Gasteiger partial charge in [-0.1, -0.05) is 6.07 Å². The Bertz CT molecular complexity index is 573. The normalized spacial score (nSPS) is 14.4. The maximum absolute atomic E-state index is 12.6. The zero-order valence-corrected chi connectivity index (χ0v) is 10.9. The molecule has 1 amide bonds. The summed E-state index contributed by atoms with van der Waals surface area (Å²) in [5.41, 5.74) is 1.58. The lowest BCUT2D eigenvalue weighted by molar-refractivity contribution is 0.0726. The molecule has 1 aliphatic rings. The summed E-state index contributed by atoms with van der Waals surface area (Å²) in [4.78, 5) is 18.8. The zero-order valence-electron chi connectivity index (χ0n) is 10.9. The lowest BCUT2D eigenvalue weighted by atomic mass is 10.2. The first-order valence-electron chi connectivity index (χ1n) is 6.50. The Morgan fingerprint density at radius 3 is 2.84 bits per heavy atom. The summed E-state index contributed by atoms with van der Waals surface area (Å²) >= 11 is 0. The van der Waals surface area contributed by atoms with Crippen molar-refractivity contribution < 1.29 is 9.21 Å². The molecule has 0 aliphatic heterocycles. The Hall–Kier alpha value is -2.10. The van der Waals surface area contributed by atoms with E-state index in [2.05, 4.69) is 4.98 Å². The van der Waals surface area contributed by atoms with Gasteiger partial charge in [0.2, 0.25) is 0 Å². The largest absolute Gasteiger partial charge is 0.469 e. The number of carbonyl (C=O) groups excluding carboxylic acids is 1. The van der Waals surface area contributed by atoms with Crippen LogP contribution in [0.15, 0.2) is 41.1 Å². The number of hydrogen-bond donors (Lipinski definition) is 0. The van der Waals surface area contributed by atoms with E-state index in [1.807, 2.05) is 30.0 Å². The van der Waals surface area contributed by atoms with Crippen LogP contribution in [-0.4, -0.2) is 21.8 Å². The molecule has 1 fully saturated rings. The van der Waals surface area contributed by atoms with Gasteiger partial charge in [-0.2, -0.15) is 0 Å². The minimum atomic E-state index is 0.0411. The van der Waals surface area contributed by atoms with Gasteiger partial charge in [0.1, 0.15) is 5.76 Å². The highest BCUT2D eigenvalue weighted by atomic mass is 16.3. The standard InChI is InChI=1S/C15H16N2O2/c1-11-14(7-9-19-11)15(18)17(13-5-6-13)10-12-4-2-3-8-16-12/h2-4,7-9,13H,5-6,10H2,1H3. The highest BCUT2D eigenvalue weighted by Gasteiger charge is 2.34. The third kappa shape index (κ3) is 2.52. The molecule has 1 saturated carbocycles. The van der Waals surface area contributed by atoms with Crippen molar-refractivity contribution >= 4 is 5.91 Å². The first-order valence-corrected chi connectivity index (χ1v) is 6.50. The molecule has 2 aromatic heterocycles. The van der Waals surface area contributed by atoms with E-state index in [1.165, 1.54) is 0 Å². The summed E-state index contributed by atoms with van der Waals surface area (Å²) in [5, 5.41) is 0. The van der Waals surface area contributed by atoms with Crippen LogP contribution in [0.1, 0.15) is 34.7 Å². The lowest BCUT2D eigenvalue weighted by Crippen LogP contribution is -2.33. The van der Waals surface area contributed by atoms with Crippen molar-refractivity contribution in [2.45, 2.75) is 32.4 Å². The van der Waals surface area contributed by atoms with Crippen LogP contribution >= 0.6 is 0 Å². The Kier molecular flexibility index (Phi) is 3.07. The van der Waals surface area contributed by atoms with E-state index in [9.17, 15) is 4.79 Å². The summed E-state index contributed by atoms with van der Waals surface area (Å²) in [6, 6.07) is 7.87. The van der Waals surface area contributed by atoms with Crippen molar-refractivity contribution in [3.63, 3.8) is 0 Å². The van der Waals surface area contributed by atoms with Gasteiger partial charge in [-0.15, -0.1) is 0 Å². The smallest absolute Gasteiger partial charge is 0.257 e. The van der Waals surface area contributed by atoms with Gasteiger partial charge in [-0.25, -0.2) is 0 Å². The van der Waals surface area contributed by atoms with Crippen molar-refractivity contribution in [1.29, 1.82) is 0 Å². The number of aromatic nitrogens is 1. The van der Waals surface area contributed by atoms with Gasteiger partial charge in [0, 0.05) is 12.2 Å². The van der Waals surface area contributed by atoms with Crippen molar-refractivity contribution in [2.75, 3.05) is 0 Å². The molecule has 2 aromatic rings. The average Bonchev–Trinajstić information content (AvgIpc) is 3.18. The molecule has 0 unspecified atom stereocenters. The second kappa shape index (κ2) is 4.88. The van der Waals surface area contributed by atoms with E-state index in [0.29, 0.717) is 23.9 Å². The Labute approximate surface area is 112 Å². The van der Waals surface area contributed by atoms with Crippen LogP contribution in [0, 0.1) is 6.92 Å². The quantitative estimate of drug-likeness (QED) is 0.845. The van der Waals surface area contributed by atoms with Crippen LogP contribution in [0.5, 0.6) is 0 Å². The maximum Gasteiger partial charge on any atom is 0.257 e. The highest BCUT2D eigenvalue weighted by Crippen LogP contribution is 2.30. The SMILES string of the molecule is Cc1occc1C(=O)N(Cc1ccccn1)C1CC1. The number of pyridine rings is 1. The summed E-state index contributed by atoms with van der Waals surface area (Å²) in [6.07, 6.45) is 5.48. The fourth-order valence-electron chi connectivity index (χ4n) is 2.18. The minimum Gasteiger partial charge on any atom is -0.469 e. The fraction of sp³-hybridized carbons (Fsp3) is 0.333. The molecule has 0 bridgehead atoms. The molecule has 0 radical (unpaired) electrons. The van der Waals surface area contributed by atoms with E-state index in [4.69, 9.17) is 4.42 Å². The molecule has 0 aromatic carbocycles. The average molecular weight is 256 g/mol. The molecule has 2 heterocycles. The van der Waals surface area contributed by atoms with Crippen molar-refractivity contribution in [3.8, 4) is 0 Å². The van der Waals surface area contributed by atoms with Crippen molar-refractivity contribution in [3.05, 3.63) is 53.7 Å². The lowest BCUT2D eigenvalue weighted by Gasteiger charge is -2.21. The summed E-state index contributed by atoms with van der Waals surface area (Å²) in [7, 11) is 0. The molecular formula is C15H16N2O2. The molecule has 4 nitrogen and oxygen atoms in total. The van der Waals surface area contributed by atoms with Crippen LogP contribution in [0.4, 0.5) is 0 Å². The number of aryl methyl sites for hydroxylation is 1. The van der Waals surface area contributed by atoms with Crippen LogP contribution in [-0.2, 0) is 6.54 Å². The highest BCUT2D eigenvalue weighted by molar-refractivity contribution is 5.95. The predicted octanol–water partition coefficient (Wildman–Crippen LogP) is 2.79. The molecule has 0 atom stereocenters. The number of carbonyl (C=O) groups is 1. The second-order valence-corrected chi connectivity index (χ2v) is 4.88.